The summed E-state index contributed by atoms with van der Waals surface area (Å²) in [7, 11) is 0. The number of cyclic esters (lactones) is 1. The highest BCUT2D eigenvalue weighted by molar-refractivity contribution is 6.31. The van der Waals surface area contributed by atoms with Crippen LogP contribution in [0.15, 0.2) is 42.5 Å². The molecule has 2 aromatic carbocycles. The van der Waals surface area contributed by atoms with E-state index in [0.29, 0.717) is 28.8 Å². The molecular formula is C20H16Cl2N2O3. The van der Waals surface area contributed by atoms with E-state index in [1.807, 2.05) is 24.3 Å². The van der Waals surface area contributed by atoms with E-state index in [9.17, 15) is 9.59 Å². The summed E-state index contributed by atoms with van der Waals surface area (Å²) in [5.41, 5.74) is 1.23. The first-order valence-corrected chi connectivity index (χ1v) is 9.57. The molecular weight excluding hydrogens is 387 g/mol. The van der Waals surface area contributed by atoms with Crippen LogP contribution in [-0.2, 0) is 19.9 Å². The first kappa shape index (κ1) is 17.0. The van der Waals surface area contributed by atoms with E-state index in [1.165, 1.54) is 0 Å². The molecule has 3 aliphatic rings. The van der Waals surface area contributed by atoms with Crippen molar-refractivity contribution < 1.29 is 14.3 Å². The molecule has 1 spiro atoms. The van der Waals surface area contributed by atoms with Crippen LogP contribution >= 0.6 is 23.2 Å². The van der Waals surface area contributed by atoms with E-state index in [4.69, 9.17) is 27.9 Å². The number of benzene rings is 2. The van der Waals surface area contributed by atoms with Gasteiger partial charge in [-0.25, -0.2) is 0 Å². The third-order valence-corrected chi connectivity index (χ3v) is 6.31. The first-order chi connectivity index (χ1) is 13.0. The Morgan fingerprint density at radius 3 is 2.70 bits per heavy atom. The largest absolute Gasteiger partial charge is 0.465 e. The Labute approximate surface area is 166 Å². The van der Waals surface area contributed by atoms with Crippen molar-refractivity contribution in [3.63, 3.8) is 0 Å². The number of hydrogen-bond acceptors (Lipinski definition) is 4. The molecule has 0 saturated carbocycles. The number of esters is 1. The van der Waals surface area contributed by atoms with Gasteiger partial charge in [-0.15, -0.1) is 0 Å². The van der Waals surface area contributed by atoms with Gasteiger partial charge in [0.05, 0.1) is 12.5 Å². The number of halogens is 2. The molecule has 0 bridgehead atoms. The van der Waals surface area contributed by atoms with E-state index in [0.717, 1.165) is 11.1 Å². The summed E-state index contributed by atoms with van der Waals surface area (Å²) in [6.45, 7) is 0.348. The molecule has 0 unspecified atom stereocenters. The van der Waals surface area contributed by atoms with Gasteiger partial charge in [-0.3, -0.25) is 14.9 Å². The fourth-order valence-corrected chi connectivity index (χ4v) is 5.20. The topological polar surface area (TPSA) is 67.4 Å². The summed E-state index contributed by atoms with van der Waals surface area (Å²) in [5, 5.41) is 7.53. The molecule has 3 heterocycles. The molecule has 138 valence electrons. The third-order valence-electron chi connectivity index (χ3n) is 5.84. The summed E-state index contributed by atoms with van der Waals surface area (Å²) in [5.74, 6) is -1.37. The van der Waals surface area contributed by atoms with Crippen molar-refractivity contribution in [1.29, 1.82) is 0 Å². The number of nitrogens with one attached hydrogen (secondary N) is 2. The van der Waals surface area contributed by atoms with Crippen LogP contribution in [0.3, 0.4) is 0 Å². The zero-order chi connectivity index (χ0) is 18.8. The van der Waals surface area contributed by atoms with Crippen molar-refractivity contribution in [3.8, 4) is 0 Å². The van der Waals surface area contributed by atoms with Gasteiger partial charge in [0, 0.05) is 33.3 Å². The number of rotatable bonds is 1. The van der Waals surface area contributed by atoms with Gasteiger partial charge < -0.3 is 10.1 Å². The molecule has 2 aromatic rings. The van der Waals surface area contributed by atoms with Crippen molar-refractivity contribution in [2.75, 3.05) is 11.9 Å². The highest BCUT2D eigenvalue weighted by Crippen LogP contribution is 2.55. The van der Waals surface area contributed by atoms with Crippen LogP contribution < -0.4 is 10.6 Å². The monoisotopic (exact) mass is 402 g/mol. The minimum Gasteiger partial charge on any atom is -0.465 e. The molecule has 7 heteroatoms. The molecule has 2 N–H and O–H groups in total. The Kier molecular flexibility index (Phi) is 3.76. The lowest BCUT2D eigenvalue weighted by molar-refractivity contribution is -0.153. The van der Waals surface area contributed by atoms with Gasteiger partial charge in [0.2, 0.25) is 5.91 Å². The predicted molar refractivity (Wildman–Crippen MR) is 102 cm³/mol. The summed E-state index contributed by atoms with van der Waals surface area (Å²) >= 11 is 12.4. The van der Waals surface area contributed by atoms with Crippen LogP contribution in [0.4, 0.5) is 5.69 Å². The standard InChI is InChI=1S/C20H16Cl2N2O3/c21-11-3-1-2-10(8-11)17-16-14(6-7-27-18(16)25)24-20(17)13-5-4-12(22)9-15(13)23-19(20)26/h1-5,8-9,14,16-17,24H,6-7H2,(H,23,26)/t14-,16+,17-,20+/m0/s1. The Bertz CT molecular complexity index is 979. The molecule has 5 rings (SSSR count). The van der Waals surface area contributed by atoms with Crippen LogP contribution in [0.25, 0.3) is 0 Å². The number of carbonyl (C=O) groups excluding carboxylic acids is 2. The zero-order valence-electron chi connectivity index (χ0n) is 14.2. The highest BCUT2D eigenvalue weighted by atomic mass is 35.5. The summed E-state index contributed by atoms with van der Waals surface area (Å²) in [6.07, 6.45) is 0.658. The zero-order valence-corrected chi connectivity index (χ0v) is 15.7. The molecule has 2 saturated heterocycles. The molecule has 1 amide bonds. The van der Waals surface area contributed by atoms with Crippen LogP contribution in [0, 0.1) is 5.92 Å². The fraction of sp³-hybridized carbons (Fsp3) is 0.300. The predicted octanol–water partition coefficient (Wildman–Crippen LogP) is 3.46. The fourth-order valence-electron chi connectivity index (χ4n) is 4.82. The van der Waals surface area contributed by atoms with Crippen LogP contribution in [0.2, 0.25) is 10.0 Å². The van der Waals surface area contributed by atoms with E-state index < -0.39 is 17.4 Å². The lowest BCUT2D eigenvalue weighted by atomic mass is 9.71. The van der Waals surface area contributed by atoms with Crippen molar-refractivity contribution in [3.05, 3.63) is 63.6 Å². The lowest BCUT2D eigenvalue weighted by Crippen LogP contribution is -2.49. The molecule has 0 radical (unpaired) electrons. The van der Waals surface area contributed by atoms with E-state index in [1.54, 1.807) is 18.2 Å². The van der Waals surface area contributed by atoms with Gasteiger partial charge in [0.25, 0.3) is 0 Å². The van der Waals surface area contributed by atoms with E-state index >= 15 is 0 Å². The van der Waals surface area contributed by atoms with Crippen molar-refractivity contribution in [2.24, 2.45) is 5.92 Å². The summed E-state index contributed by atoms with van der Waals surface area (Å²) in [4.78, 5) is 26.0. The average Bonchev–Trinajstić information content (AvgIpc) is 3.11. The molecule has 5 nitrogen and oxygen atoms in total. The van der Waals surface area contributed by atoms with Gasteiger partial charge in [0.1, 0.15) is 5.54 Å². The minimum absolute atomic E-state index is 0.150. The maximum Gasteiger partial charge on any atom is 0.311 e. The van der Waals surface area contributed by atoms with Gasteiger partial charge in [-0.2, -0.15) is 0 Å². The molecule has 2 fully saturated rings. The van der Waals surface area contributed by atoms with Crippen molar-refractivity contribution in [1.82, 2.24) is 5.32 Å². The number of carbonyl (C=O) groups is 2. The Morgan fingerprint density at radius 2 is 1.89 bits per heavy atom. The van der Waals surface area contributed by atoms with E-state index in [2.05, 4.69) is 10.6 Å². The SMILES string of the molecule is O=C1OCC[C@@H]2N[C@@]3(C(=O)Nc4cc(Cl)ccc43)[C@@H](c3cccc(Cl)c3)[C@H]12. The molecule has 0 aliphatic carbocycles. The van der Waals surface area contributed by atoms with Gasteiger partial charge in [-0.1, -0.05) is 41.4 Å². The number of ether oxygens (including phenoxy) is 1. The quantitative estimate of drug-likeness (QED) is 0.716. The third kappa shape index (κ3) is 2.35. The first-order valence-electron chi connectivity index (χ1n) is 8.82. The second-order valence-electron chi connectivity index (χ2n) is 7.22. The van der Waals surface area contributed by atoms with Crippen LogP contribution in [0.1, 0.15) is 23.5 Å². The van der Waals surface area contributed by atoms with E-state index in [-0.39, 0.29) is 17.9 Å². The highest BCUT2D eigenvalue weighted by Gasteiger charge is 2.64. The maximum atomic E-state index is 13.3. The maximum absolute atomic E-state index is 13.3. The lowest BCUT2D eigenvalue weighted by Gasteiger charge is -2.32. The molecule has 4 atom stereocenters. The minimum atomic E-state index is -1.07. The number of hydrogen-bond donors (Lipinski definition) is 2. The normalized spacial score (nSPS) is 31.4. The molecule has 0 aromatic heterocycles. The Morgan fingerprint density at radius 1 is 1.07 bits per heavy atom. The number of fused-ring (bicyclic) bond motifs is 3. The summed E-state index contributed by atoms with van der Waals surface area (Å²) < 4.78 is 5.35. The molecule has 3 aliphatic heterocycles. The number of amides is 1. The smallest absolute Gasteiger partial charge is 0.311 e. The Balaban J connectivity index is 1.75. The van der Waals surface area contributed by atoms with Crippen LogP contribution in [-0.4, -0.2) is 24.5 Å². The molecule has 27 heavy (non-hydrogen) atoms. The second-order valence-corrected chi connectivity index (χ2v) is 8.09. The van der Waals surface area contributed by atoms with Crippen LogP contribution in [0.5, 0.6) is 0 Å². The van der Waals surface area contributed by atoms with Gasteiger partial charge >= 0.3 is 5.97 Å². The number of anilines is 1. The van der Waals surface area contributed by atoms with Gasteiger partial charge in [0.15, 0.2) is 0 Å². The Hall–Kier alpha value is -2.08. The average molecular weight is 403 g/mol. The van der Waals surface area contributed by atoms with Crippen molar-refractivity contribution in [2.45, 2.75) is 23.9 Å². The van der Waals surface area contributed by atoms with Crippen molar-refractivity contribution >= 4 is 40.8 Å². The summed E-state index contributed by atoms with van der Waals surface area (Å²) in [6, 6.07) is 12.5. The second kappa shape index (κ2) is 5.96. The van der Waals surface area contributed by atoms with Gasteiger partial charge in [-0.05, 0) is 36.2 Å².